The number of methoxy groups -OCH3 is 1. The molecular formula is C9H16N2O2S. The van der Waals surface area contributed by atoms with Crippen molar-refractivity contribution >= 4 is 16.5 Å². The minimum Gasteiger partial charge on any atom is -0.391 e. The Morgan fingerprint density at radius 1 is 1.71 bits per heavy atom. The predicted octanol–water partition coefficient (Wildman–Crippen LogP) is 1.11. The van der Waals surface area contributed by atoms with Gasteiger partial charge in [-0.05, 0) is 6.92 Å². The van der Waals surface area contributed by atoms with Crippen LogP contribution in [0.15, 0.2) is 6.20 Å². The number of hydrogen-bond donors (Lipinski definition) is 1. The van der Waals surface area contributed by atoms with Gasteiger partial charge < -0.3 is 14.7 Å². The van der Waals surface area contributed by atoms with Gasteiger partial charge >= 0.3 is 0 Å². The third-order valence-electron chi connectivity index (χ3n) is 2.07. The van der Waals surface area contributed by atoms with Crippen molar-refractivity contribution in [2.75, 3.05) is 25.7 Å². The Morgan fingerprint density at radius 2 is 2.43 bits per heavy atom. The van der Waals surface area contributed by atoms with Crippen molar-refractivity contribution in [3.8, 4) is 0 Å². The Balaban J connectivity index is 2.63. The SMILES string of the molecule is COCC(C)N(C)c1ncc(CO)s1. The number of aliphatic hydroxyl groups is 1. The van der Waals surface area contributed by atoms with Crippen molar-refractivity contribution in [3.63, 3.8) is 0 Å². The molecule has 0 aliphatic heterocycles. The summed E-state index contributed by atoms with van der Waals surface area (Å²) < 4.78 is 5.07. The molecule has 4 nitrogen and oxygen atoms in total. The highest BCUT2D eigenvalue weighted by Gasteiger charge is 2.12. The van der Waals surface area contributed by atoms with E-state index in [4.69, 9.17) is 9.84 Å². The van der Waals surface area contributed by atoms with E-state index in [1.165, 1.54) is 11.3 Å². The smallest absolute Gasteiger partial charge is 0.185 e. The van der Waals surface area contributed by atoms with Crippen LogP contribution in [0.3, 0.4) is 0 Å². The zero-order valence-corrected chi connectivity index (χ0v) is 9.54. The molecule has 1 aromatic heterocycles. The summed E-state index contributed by atoms with van der Waals surface area (Å²) in [5, 5.41) is 9.82. The lowest BCUT2D eigenvalue weighted by Gasteiger charge is -2.23. The lowest BCUT2D eigenvalue weighted by atomic mass is 10.3. The highest BCUT2D eigenvalue weighted by molar-refractivity contribution is 7.15. The minimum absolute atomic E-state index is 0.0597. The fourth-order valence-corrected chi connectivity index (χ4v) is 1.91. The number of nitrogens with zero attached hydrogens (tertiary/aromatic N) is 2. The summed E-state index contributed by atoms with van der Waals surface area (Å²) in [5.74, 6) is 0. The molecule has 0 aromatic carbocycles. The van der Waals surface area contributed by atoms with Crippen LogP contribution in [0.2, 0.25) is 0 Å². The first kappa shape index (κ1) is 11.4. The molecule has 0 amide bonds. The maximum Gasteiger partial charge on any atom is 0.185 e. The lowest BCUT2D eigenvalue weighted by Crippen LogP contribution is -2.32. The quantitative estimate of drug-likeness (QED) is 0.800. The molecule has 1 N–H and O–H groups in total. The number of thiazole rings is 1. The molecule has 1 rings (SSSR count). The summed E-state index contributed by atoms with van der Waals surface area (Å²) in [6.07, 6.45) is 1.70. The van der Waals surface area contributed by atoms with Gasteiger partial charge in [0.05, 0.1) is 24.1 Å². The number of rotatable bonds is 5. The summed E-state index contributed by atoms with van der Waals surface area (Å²) >= 11 is 1.50. The summed E-state index contributed by atoms with van der Waals surface area (Å²) in [7, 11) is 3.66. The van der Waals surface area contributed by atoms with Crippen molar-refractivity contribution in [2.45, 2.75) is 19.6 Å². The normalized spacial score (nSPS) is 12.9. The molecule has 1 unspecified atom stereocenters. The fourth-order valence-electron chi connectivity index (χ4n) is 1.07. The molecule has 0 aliphatic rings. The number of ether oxygens (including phenoxy) is 1. The van der Waals surface area contributed by atoms with Gasteiger partial charge in [0, 0.05) is 20.4 Å². The first-order valence-corrected chi connectivity index (χ1v) is 5.28. The molecule has 14 heavy (non-hydrogen) atoms. The minimum atomic E-state index is 0.0597. The molecule has 5 heteroatoms. The van der Waals surface area contributed by atoms with E-state index in [1.54, 1.807) is 13.3 Å². The number of aliphatic hydroxyl groups excluding tert-OH is 1. The lowest BCUT2D eigenvalue weighted by molar-refractivity contribution is 0.183. The Labute approximate surface area is 88.1 Å². The Morgan fingerprint density at radius 3 is 2.93 bits per heavy atom. The van der Waals surface area contributed by atoms with Gasteiger partial charge in [-0.3, -0.25) is 0 Å². The highest BCUT2D eigenvalue weighted by Crippen LogP contribution is 2.22. The molecule has 0 bridgehead atoms. The summed E-state index contributed by atoms with van der Waals surface area (Å²) in [5.41, 5.74) is 0. The van der Waals surface area contributed by atoms with E-state index in [1.807, 2.05) is 11.9 Å². The maximum atomic E-state index is 8.90. The Kier molecular flexibility index (Phi) is 4.31. The molecule has 0 saturated carbocycles. The van der Waals surface area contributed by atoms with Crippen LogP contribution in [0, 0.1) is 0 Å². The van der Waals surface area contributed by atoms with Crippen LogP contribution < -0.4 is 4.90 Å². The van der Waals surface area contributed by atoms with Crippen LogP contribution in [0.25, 0.3) is 0 Å². The van der Waals surface area contributed by atoms with E-state index < -0.39 is 0 Å². The topological polar surface area (TPSA) is 45.6 Å². The van der Waals surface area contributed by atoms with Gasteiger partial charge in [0.2, 0.25) is 0 Å². The second kappa shape index (κ2) is 5.29. The monoisotopic (exact) mass is 216 g/mol. The molecule has 80 valence electrons. The van der Waals surface area contributed by atoms with E-state index in [-0.39, 0.29) is 12.6 Å². The third kappa shape index (κ3) is 2.67. The van der Waals surface area contributed by atoms with Gasteiger partial charge in [-0.15, -0.1) is 0 Å². The molecule has 1 aromatic rings. The molecule has 0 fully saturated rings. The van der Waals surface area contributed by atoms with E-state index in [0.717, 1.165) is 10.0 Å². The summed E-state index contributed by atoms with van der Waals surface area (Å²) in [6.45, 7) is 2.80. The van der Waals surface area contributed by atoms with Crippen LogP contribution in [0.4, 0.5) is 5.13 Å². The Bertz CT molecular complexity index is 278. The van der Waals surface area contributed by atoms with Gasteiger partial charge in [0.15, 0.2) is 5.13 Å². The Hall–Kier alpha value is -0.650. The maximum absolute atomic E-state index is 8.90. The van der Waals surface area contributed by atoms with Crippen LogP contribution >= 0.6 is 11.3 Å². The van der Waals surface area contributed by atoms with Crippen LogP contribution in [-0.4, -0.2) is 36.9 Å². The van der Waals surface area contributed by atoms with E-state index >= 15 is 0 Å². The van der Waals surface area contributed by atoms with Crippen molar-refractivity contribution in [1.29, 1.82) is 0 Å². The van der Waals surface area contributed by atoms with Crippen molar-refractivity contribution in [3.05, 3.63) is 11.1 Å². The van der Waals surface area contributed by atoms with E-state index in [2.05, 4.69) is 11.9 Å². The van der Waals surface area contributed by atoms with Crippen molar-refractivity contribution in [1.82, 2.24) is 4.98 Å². The molecule has 0 aliphatic carbocycles. The first-order valence-electron chi connectivity index (χ1n) is 4.46. The van der Waals surface area contributed by atoms with Gasteiger partial charge in [-0.2, -0.15) is 0 Å². The van der Waals surface area contributed by atoms with Gasteiger partial charge in [0.1, 0.15) is 0 Å². The molecular weight excluding hydrogens is 200 g/mol. The fraction of sp³-hybridized carbons (Fsp3) is 0.667. The molecule has 1 atom stereocenters. The first-order chi connectivity index (χ1) is 6.69. The van der Waals surface area contributed by atoms with Gasteiger partial charge in [-0.25, -0.2) is 4.98 Å². The highest BCUT2D eigenvalue weighted by atomic mass is 32.1. The molecule has 0 spiro atoms. The van der Waals surface area contributed by atoms with Crippen LogP contribution in [0.1, 0.15) is 11.8 Å². The summed E-state index contributed by atoms with van der Waals surface area (Å²) in [4.78, 5) is 7.15. The second-order valence-corrected chi connectivity index (χ2v) is 4.28. The van der Waals surface area contributed by atoms with Gasteiger partial charge in [-0.1, -0.05) is 11.3 Å². The number of aromatic nitrogens is 1. The van der Waals surface area contributed by atoms with Crippen LogP contribution in [-0.2, 0) is 11.3 Å². The predicted molar refractivity (Wildman–Crippen MR) is 57.8 cm³/mol. The second-order valence-electron chi connectivity index (χ2n) is 3.18. The molecule has 0 radical (unpaired) electrons. The van der Waals surface area contributed by atoms with Crippen molar-refractivity contribution < 1.29 is 9.84 Å². The zero-order valence-electron chi connectivity index (χ0n) is 8.73. The third-order valence-corrected chi connectivity index (χ3v) is 3.14. The van der Waals surface area contributed by atoms with Crippen molar-refractivity contribution in [2.24, 2.45) is 0 Å². The standard InChI is InChI=1S/C9H16N2O2S/c1-7(6-13-3)11(2)9-10-4-8(5-12)14-9/h4,7,12H,5-6H2,1-3H3. The largest absolute Gasteiger partial charge is 0.391 e. The average molecular weight is 216 g/mol. The van der Waals surface area contributed by atoms with E-state index in [0.29, 0.717) is 6.61 Å². The van der Waals surface area contributed by atoms with Crippen LogP contribution in [0.5, 0.6) is 0 Å². The molecule has 1 heterocycles. The number of anilines is 1. The number of likely N-dealkylation sites (N-methyl/N-ethyl adjacent to an activating group) is 1. The average Bonchev–Trinajstić information content (AvgIpc) is 2.65. The van der Waals surface area contributed by atoms with E-state index in [9.17, 15) is 0 Å². The number of hydrogen-bond acceptors (Lipinski definition) is 5. The summed E-state index contributed by atoms with van der Waals surface area (Å²) in [6, 6.07) is 0.290. The van der Waals surface area contributed by atoms with Gasteiger partial charge in [0.25, 0.3) is 0 Å². The molecule has 0 saturated heterocycles. The zero-order chi connectivity index (χ0) is 10.6.